The Morgan fingerprint density at radius 2 is 2.24 bits per heavy atom. The van der Waals surface area contributed by atoms with Crippen molar-refractivity contribution in [2.75, 3.05) is 11.9 Å². The quantitative estimate of drug-likeness (QED) is 0.751. The van der Waals surface area contributed by atoms with Gasteiger partial charge in [0.05, 0.1) is 4.88 Å². The molecular formula is C13H13BrN6S. The zero-order valence-corrected chi connectivity index (χ0v) is 13.7. The molecule has 0 unspecified atom stereocenters. The molecule has 0 saturated carbocycles. The van der Waals surface area contributed by atoms with E-state index in [4.69, 9.17) is 0 Å². The van der Waals surface area contributed by atoms with Gasteiger partial charge in [0.15, 0.2) is 5.82 Å². The molecule has 3 rings (SSSR count). The molecule has 3 heterocycles. The first-order valence-electron chi connectivity index (χ1n) is 6.49. The number of aromatic nitrogens is 5. The van der Waals surface area contributed by atoms with Gasteiger partial charge in [0.25, 0.3) is 0 Å². The van der Waals surface area contributed by atoms with Crippen molar-refractivity contribution in [3.05, 3.63) is 34.6 Å². The van der Waals surface area contributed by atoms with E-state index in [0.717, 1.165) is 22.3 Å². The van der Waals surface area contributed by atoms with Crippen molar-refractivity contribution in [1.82, 2.24) is 24.5 Å². The first-order valence-corrected chi connectivity index (χ1v) is 8.17. The number of thiophene rings is 1. The summed E-state index contributed by atoms with van der Waals surface area (Å²) in [6, 6.07) is 1.99. The van der Waals surface area contributed by atoms with Crippen molar-refractivity contribution in [2.24, 2.45) is 0 Å². The van der Waals surface area contributed by atoms with Gasteiger partial charge in [-0.15, -0.1) is 11.3 Å². The number of halogens is 1. The van der Waals surface area contributed by atoms with Crippen LogP contribution in [0, 0.1) is 0 Å². The Morgan fingerprint density at radius 3 is 2.90 bits per heavy atom. The Kier molecular flexibility index (Phi) is 4.26. The summed E-state index contributed by atoms with van der Waals surface area (Å²) in [7, 11) is 0. The van der Waals surface area contributed by atoms with E-state index in [1.807, 2.05) is 17.6 Å². The fraction of sp³-hybridized carbons (Fsp3) is 0.231. The second-order valence-electron chi connectivity index (χ2n) is 4.28. The molecule has 0 aliphatic heterocycles. The van der Waals surface area contributed by atoms with Crippen LogP contribution in [0.5, 0.6) is 0 Å². The lowest BCUT2D eigenvalue weighted by molar-refractivity contribution is 0.883. The van der Waals surface area contributed by atoms with Gasteiger partial charge in [-0.25, -0.2) is 4.98 Å². The molecule has 0 atom stereocenters. The molecule has 0 bridgehead atoms. The highest BCUT2D eigenvalue weighted by atomic mass is 79.9. The van der Waals surface area contributed by atoms with Gasteiger partial charge in [0, 0.05) is 23.4 Å². The van der Waals surface area contributed by atoms with Crippen LogP contribution in [0.2, 0.25) is 0 Å². The van der Waals surface area contributed by atoms with E-state index < -0.39 is 0 Å². The maximum absolute atomic E-state index is 4.53. The van der Waals surface area contributed by atoms with Crippen molar-refractivity contribution < 1.29 is 0 Å². The molecule has 0 radical (unpaired) electrons. The van der Waals surface area contributed by atoms with E-state index >= 15 is 0 Å². The first kappa shape index (κ1) is 14.2. The summed E-state index contributed by atoms with van der Waals surface area (Å²) in [5.74, 6) is 1.77. The van der Waals surface area contributed by atoms with Gasteiger partial charge in [-0.3, -0.25) is 4.57 Å². The third-order valence-corrected chi connectivity index (χ3v) is 4.55. The molecule has 21 heavy (non-hydrogen) atoms. The van der Waals surface area contributed by atoms with Crippen LogP contribution in [0.15, 0.2) is 34.6 Å². The summed E-state index contributed by atoms with van der Waals surface area (Å²) in [5.41, 5.74) is 0. The van der Waals surface area contributed by atoms with E-state index in [9.17, 15) is 0 Å². The average Bonchev–Trinajstić information content (AvgIpc) is 3.16. The SMILES string of the molecule is CCCNc1nc(-c2sccc2Br)nc(-n2ccnc2)n1. The van der Waals surface area contributed by atoms with Crippen LogP contribution in [0.1, 0.15) is 13.3 Å². The fourth-order valence-corrected chi connectivity index (χ4v) is 3.21. The maximum Gasteiger partial charge on any atom is 0.240 e. The van der Waals surface area contributed by atoms with Crippen LogP contribution in [-0.2, 0) is 0 Å². The van der Waals surface area contributed by atoms with Crippen LogP contribution < -0.4 is 5.32 Å². The molecule has 3 aromatic rings. The number of rotatable bonds is 5. The molecule has 0 aliphatic carbocycles. The molecule has 0 saturated heterocycles. The standard InChI is InChI=1S/C13H13BrN6S/c1-2-4-16-12-17-11(10-9(14)3-7-21-10)18-13(19-12)20-6-5-15-8-20/h3,5-8H,2,4H2,1H3,(H,16,17,18,19). The summed E-state index contributed by atoms with van der Waals surface area (Å²) < 4.78 is 2.75. The molecule has 0 aromatic carbocycles. The minimum atomic E-state index is 0.552. The number of imidazole rings is 1. The average molecular weight is 365 g/mol. The summed E-state index contributed by atoms with van der Waals surface area (Å²) in [6.45, 7) is 2.92. The smallest absolute Gasteiger partial charge is 0.240 e. The van der Waals surface area contributed by atoms with Crippen LogP contribution >= 0.6 is 27.3 Å². The van der Waals surface area contributed by atoms with Gasteiger partial charge in [-0.1, -0.05) is 6.92 Å². The van der Waals surface area contributed by atoms with E-state index in [1.54, 1.807) is 28.4 Å². The van der Waals surface area contributed by atoms with Crippen LogP contribution in [0.4, 0.5) is 5.95 Å². The highest BCUT2D eigenvalue weighted by Crippen LogP contribution is 2.31. The van der Waals surface area contributed by atoms with E-state index in [-0.39, 0.29) is 0 Å². The lowest BCUT2D eigenvalue weighted by Gasteiger charge is -2.08. The van der Waals surface area contributed by atoms with E-state index in [2.05, 4.69) is 48.1 Å². The Hall–Kier alpha value is -1.80. The molecule has 1 N–H and O–H groups in total. The van der Waals surface area contributed by atoms with Gasteiger partial charge in [-0.2, -0.15) is 15.0 Å². The molecular weight excluding hydrogens is 352 g/mol. The molecule has 3 aromatic heterocycles. The Morgan fingerprint density at radius 1 is 1.33 bits per heavy atom. The van der Waals surface area contributed by atoms with Crippen molar-refractivity contribution in [1.29, 1.82) is 0 Å². The Bertz CT molecular complexity index is 724. The third kappa shape index (κ3) is 3.11. The van der Waals surface area contributed by atoms with Crippen LogP contribution in [-0.4, -0.2) is 31.0 Å². The third-order valence-electron chi connectivity index (χ3n) is 2.71. The van der Waals surface area contributed by atoms with Crippen LogP contribution in [0.3, 0.4) is 0 Å². The number of anilines is 1. The van der Waals surface area contributed by atoms with Gasteiger partial charge >= 0.3 is 0 Å². The Labute approximate surface area is 134 Å². The van der Waals surface area contributed by atoms with Crippen molar-refractivity contribution in [3.8, 4) is 16.6 Å². The largest absolute Gasteiger partial charge is 0.354 e. The predicted octanol–water partition coefficient (Wildman–Crippen LogP) is 3.37. The minimum Gasteiger partial charge on any atom is -0.354 e. The number of nitrogens with zero attached hydrogens (tertiary/aromatic N) is 5. The minimum absolute atomic E-state index is 0.552. The van der Waals surface area contributed by atoms with Crippen molar-refractivity contribution in [3.63, 3.8) is 0 Å². The zero-order valence-electron chi connectivity index (χ0n) is 11.3. The lowest BCUT2D eigenvalue weighted by Crippen LogP contribution is -2.09. The highest BCUT2D eigenvalue weighted by Gasteiger charge is 2.13. The molecule has 0 spiro atoms. The van der Waals surface area contributed by atoms with Crippen LogP contribution in [0.25, 0.3) is 16.6 Å². The summed E-state index contributed by atoms with van der Waals surface area (Å²) in [4.78, 5) is 18.5. The van der Waals surface area contributed by atoms with E-state index in [0.29, 0.717) is 17.7 Å². The molecule has 0 fully saturated rings. The number of nitrogens with one attached hydrogen (secondary N) is 1. The number of hydrogen-bond acceptors (Lipinski definition) is 6. The normalized spacial score (nSPS) is 10.8. The lowest BCUT2D eigenvalue weighted by atomic mass is 10.4. The molecule has 6 nitrogen and oxygen atoms in total. The maximum atomic E-state index is 4.53. The highest BCUT2D eigenvalue weighted by molar-refractivity contribution is 9.10. The Balaban J connectivity index is 2.07. The molecule has 108 valence electrons. The summed E-state index contributed by atoms with van der Waals surface area (Å²) in [5, 5.41) is 5.21. The van der Waals surface area contributed by atoms with Crippen molar-refractivity contribution in [2.45, 2.75) is 13.3 Å². The van der Waals surface area contributed by atoms with Crippen molar-refractivity contribution >= 4 is 33.2 Å². The predicted molar refractivity (Wildman–Crippen MR) is 86.7 cm³/mol. The fourth-order valence-electron chi connectivity index (χ4n) is 1.73. The second kappa shape index (κ2) is 6.31. The first-order chi connectivity index (χ1) is 10.3. The topological polar surface area (TPSA) is 68.5 Å². The van der Waals surface area contributed by atoms with Gasteiger partial charge in [0.2, 0.25) is 11.9 Å². The molecule has 8 heteroatoms. The molecule has 0 aliphatic rings. The second-order valence-corrected chi connectivity index (χ2v) is 6.05. The molecule has 0 amide bonds. The van der Waals surface area contributed by atoms with Gasteiger partial charge in [0.1, 0.15) is 6.33 Å². The number of hydrogen-bond donors (Lipinski definition) is 1. The van der Waals surface area contributed by atoms with E-state index in [1.165, 1.54) is 0 Å². The van der Waals surface area contributed by atoms with Gasteiger partial charge in [-0.05, 0) is 33.8 Å². The zero-order chi connectivity index (χ0) is 14.7. The van der Waals surface area contributed by atoms with Gasteiger partial charge < -0.3 is 5.32 Å². The summed E-state index contributed by atoms with van der Waals surface area (Å²) in [6.07, 6.45) is 6.19. The monoisotopic (exact) mass is 364 g/mol. The summed E-state index contributed by atoms with van der Waals surface area (Å²) >= 11 is 5.11.